The Balaban J connectivity index is 2.05. The normalized spacial score (nSPS) is 11.4. The average Bonchev–Trinajstić information content (AvgIpc) is 2.45. The van der Waals surface area contributed by atoms with E-state index in [1.165, 1.54) is 18.2 Å². The molecule has 128 valence electrons. The van der Waals surface area contributed by atoms with Crippen LogP contribution in [0, 0.1) is 0 Å². The summed E-state index contributed by atoms with van der Waals surface area (Å²) >= 11 is 0.254. The maximum atomic E-state index is 12.3. The molecular weight excluding hydrogens is 351 g/mol. The minimum Gasteiger partial charge on any atom is -0.508 e. The molecule has 0 aliphatic heterocycles. The van der Waals surface area contributed by atoms with Crippen LogP contribution < -0.4 is 0 Å². The summed E-state index contributed by atoms with van der Waals surface area (Å²) in [5, 5.41) is 18.9. The number of rotatable bonds is 7. The van der Waals surface area contributed by atoms with Gasteiger partial charge in [0.05, 0.1) is 0 Å². The number of phenols is 2. The molecule has 0 spiro atoms. The number of phenolic OH excluding ortho intramolecular Hbond substituents is 2. The molecule has 2 rings (SSSR count). The van der Waals surface area contributed by atoms with Gasteiger partial charge in [-0.3, -0.25) is 4.79 Å². The predicted octanol–water partition coefficient (Wildman–Crippen LogP) is 3.49. The smallest absolute Gasteiger partial charge is 0.388 e. The van der Waals surface area contributed by atoms with Crippen LogP contribution in [0.2, 0.25) is 0 Å². The molecule has 4 N–H and O–H groups in total. The van der Waals surface area contributed by atoms with Crippen molar-refractivity contribution in [1.29, 1.82) is 0 Å². The van der Waals surface area contributed by atoms with Crippen molar-refractivity contribution in [1.82, 2.24) is 0 Å². The van der Waals surface area contributed by atoms with Crippen LogP contribution >= 0.6 is 18.2 Å². The Hall–Kier alpha value is -1.79. The van der Waals surface area contributed by atoms with E-state index in [4.69, 9.17) is 9.79 Å². The standard InChI is InChI=1S/C16H17O6PS/c17-12-5-1-3-11(9-12)4-2-6-15(19)14-8-7-13(18)10-16(14)24-23(20,21)22/h1,3,5,7-10,17-18H,2,4,6H2,(H2,20,21,22). The molecule has 0 aliphatic rings. The zero-order valence-corrected chi connectivity index (χ0v) is 14.3. The van der Waals surface area contributed by atoms with Gasteiger partial charge >= 0.3 is 6.80 Å². The Morgan fingerprint density at radius 3 is 2.42 bits per heavy atom. The first-order valence-electron chi connectivity index (χ1n) is 7.14. The molecule has 0 bridgehead atoms. The van der Waals surface area contributed by atoms with Gasteiger partial charge in [0.25, 0.3) is 0 Å². The largest absolute Gasteiger partial charge is 0.508 e. The minimum atomic E-state index is -4.43. The first kappa shape index (κ1) is 18.5. The van der Waals surface area contributed by atoms with Crippen molar-refractivity contribution in [2.45, 2.75) is 24.2 Å². The molecule has 0 aliphatic carbocycles. The van der Waals surface area contributed by atoms with Crippen LogP contribution in [0.1, 0.15) is 28.8 Å². The molecule has 0 amide bonds. The van der Waals surface area contributed by atoms with Crippen molar-refractivity contribution in [3.8, 4) is 11.5 Å². The number of carbonyl (C=O) groups is 1. The fourth-order valence-corrected chi connectivity index (χ4v) is 4.18. The molecule has 2 aromatic rings. The second-order valence-corrected chi connectivity index (χ2v) is 8.79. The van der Waals surface area contributed by atoms with Gasteiger partial charge in [-0.25, -0.2) is 4.57 Å². The highest BCUT2D eigenvalue weighted by molar-refractivity contribution is 8.54. The topological polar surface area (TPSA) is 115 Å². The number of hydrogen-bond acceptors (Lipinski definition) is 5. The van der Waals surface area contributed by atoms with Gasteiger partial charge in [0.1, 0.15) is 11.5 Å². The molecular formula is C16H17O6PS. The number of ketones is 1. The number of Topliss-reactive ketones (excluding diaryl/α,β-unsaturated/α-hetero) is 1. The van der Waals surface area contributed by atoms with Crippen LogP contribution in [0.25, 0.3) is 0 Å². The van der Waals surface area contributed by atoms with E-state index in [1.807, 2.05) is 6.07 Å². The molecule has 0 aromatic heterocycles. The summed E-state index contributed by atoms with van der Waals surface area (Å²) in [5.74, 6) is -0.258. The van der Waals surface area contributed by atoms with Gasteiger partial charge in [-0.15, -0.1) is 0 Å². The second-order valence-electron chi connectivity index (χ2n) is 5.21. The highest BCUT2D eigenvalue weighted by atomic mass is 32.7. The maximum Gasteiger partial charge on any atom is 0.388 e. The molecule has 24 heavy (non-hydrogen) atoms. The summed E-state index contributed by atoms with van der Waals surface area (Å²) < 4.78 is 11.2. The van der Waals surface area contributed by atoms with Crippen molar-refractivity contribution < 1.29 is 29.4 Å². The van der Waals surface area contributed by atoms with E-state index in [9.17, 15) is 19.6 Å². The molecule has 0 heterocycles. The van der Waals surface area contributed by atoms with E-state index in [2.05, 4.69) is 0 Å². The van der Waals surface area contributed by atoms with E-state index >= 15 is 0 Å². The third kappa shape index (κ3) is 5.69. The fraction of sp³-hybridized carbons (Fsp3) is 0.188. The van der Waals surface area contributed by atoms with E-state index < -0.39 is 6.80 Å². The van der Waals surface area contributed by atoms with Crippen LogP contribution in [0.4, 0.5) is 0 Å². The molecule has 2 aromatic carbocycles. The molecule has 0 fully saturated rings. The summed E-state index contributed by atoms with van der Waals surface area (Å²) in [6.07, 6.45) is 1.32. The van der Waals surface area contributed by atoms with Gasteiger partial charge < -0.3 is 20.0 Å². The highest BCUT2D eigenvalue weighted by Gasteiger charge is 2.21. The Morgan fingerprint density at radius 1 is 1.04 bits per heavy atom. The molecule has 0 saturated carbocycles. The molecule has 0 atom stereocenters. The summed E-state index contributed by atoms with van der Waals surface area (Å²) in [6.45, 7) is -4.43. The van der Waals surface area contributed by atoms with Gasteiger partial charge in [0, 0.05) is 16.9 Å². The van der Waals surface area contributed by atoms with Gasteiger partial charge in [0.15, 0.2) is 5.78 Å². The Morgan fingerprint density at radius 2 is 1.75 bits per heavy atom. The lowest BCUT2D eigenvalue weighted by atomic mass is 10.0. The van der Waals surface area contributed by atoms with Crippen LogP contribution in [-0.2, 0) is 11.0 Å². The van der Waals surface area contributed by atoms with Crippen LogP contribution in [0.15, 0.2) is 47.4 Å². The molecule has 0 unspecified atom stereocenters. The van der Waals surface area contributed by atoms with Crippen molar-refractivity contribution >= 4 is 24.0 Å². The number of aryl methyl sites for hydroxylation is 1. The van der Waals surface area contributed by atoms with Gasteiger partial charge in [-0.2, -0.15) is 0 Å². The van der Waals surface area contributed by atoms with Crippen molar-refractivity contribution in [3.63, 3.8) is 0 Å². The van der Waals surface area contributed by atoms with Gasteiger partial charge in [-0.1, -0.05) is 12.1 Å². The van der Waals surface area contributed by atoms with E-state index in [-0.39, 0.29) is 45.5 Å². The van der Waals surface area contributed by atoms with Crippen molar-refractivity contribution in [3.05, 3.63) is 53.6 Å². The third-order valence-corrected chi connectivity index (χ3v) is 5.34. The second kappa shape index (κ2) is 7.85. The number of hydrogen-bond donors (Lipinski definition) is 4. The first-order chi connectivity index (χ1) is 11.2. The summed E-state index contributed by atoms with van der Waals surface area (Å²) in [7, 11) is 0. The van der Waals surface area contributed by atoms with Gasteiger partial charge in [0.2, 0.25) is 0 Å². The zero-order chi connectivity index (χ0) is 17.7. The Labute approximate surface area is 143 Å². The SMILES string of the molecule is O=C(CCCc1cccc(O)c1)c1ccc(O)cc1SP(=O)(O)O. The number of benzene rings is 2. The summed E-state index contributed by atoms with van der Waals surface area (Å²) in [5.41, 5.74) is 1.08. The number of aromatic hydroxyl groups is 2. The lowest BCUT2D eigenvalue weighted by molar-refractivity contribution is 0.0977. The lowest BCUT2D eigenvalue weighted by Crippen LogP contribution is -2.02. The third-order valence-electron chi connectivity index (χ3n) is 3.26. The van der Waals surface area contributed by atoms with E-state index in [0.717, 1.165) is 5.56 Å². The monoisotopic (exact) mass is 368 g/mol. The van der Waals surface area contributed by atoms with E-state index in [1.54, 1.807) is 18.2 Å². The molecule has 8 heteroatoms. The van der Waals surface area contributed by atoms with Crippen LogP contribution in [0.5, 0.6) is 11.5 Å². The van der Waals surface area contributed by atoms with Crippen LogP contribution in [0.3, 0.4) is 0 Å². The zero-order valence-electron chi connectivity index (χ0n) is 12.6. The molecule has 0 saturated heterocycles. The van der Waals surface area contributed by atoms with Gasteiger partial charge in [-0.05, 0) is 60.1 Å². The Kier molecular flexibility index (Phi) is 6.07. The molecule has 6 nitrogen and oxygen atoms in total. The first-order valence-corrected chi connectivity index (χ1v) is 10.2. The number of carbonyl (C=O) groups excluding carboxylic acids is 1. The summed E-state index contributed by atoms with van der Waals surface area (Å²) in [4.78, 5) is 30.5. The minimum absolute atomic E-state index is 0.0608. The fourth-order valence-electron chi connectivity index (χ4n) is 2.24. The van der Waals surface area contributed by atoms with Crippen molar-refractivity contribution in [2.75, 3.05) is 0 Å². The van der Waals surface area contributed by atoms with Crippen LogP contribution in [-0.4, -0.2) is 25.8 Å². The maximum absolute atomic E-state index is 12.3. The Bertz CT molecular complexity index is 786. The van der Waals surface area contributed by atoms with Crippen molar-refractivity contribution in [2.24, 2.45) is 0 Å². The predicted molar refractivity (Wildman–Crippen MR) is 91.4 cm³/mol. The van der Waals surface area contributed by atoms with E-state index in [0.29, 0.717) is 12.8 Å². The quantitative estimate of drug-likeness (QED) is 0.437. The molecule has 0 radical (unpaired) electrons. The lowest BCUT2D eigenvalue weighted by Gasteiger charge is -2.10. The highest BCUT2D eigenvalue weighted by Crippen LogP contribution is 2.55. The average molecular weight is 368 g/mol. The summed E-state index contributed by atoms with van der Waals surface area (Å²) in [6, 6.07) is 10.6.